The number of likely N-dealkylation sites (tertiary alicyclic amines) is 1. The van der Waals surface area contributed by atoms with E-state index >= 15 is 0 Å². The van der Waals surface area contributed by atoms with Gasteiger partial charge in [-0.15, -0.1) is 0 Å². The van der Waals surface area contributed by atoms with Crippen LogP contribution >= 0.6 is 0 Å². The van der Waals surface area contributed by atoms with Crippen molar-refractivity contribution in [1.29, 1.82) is 0 Å². The maximum absolute atomic E-state index is 13.7. The normalized spacial score (nSPS) is 18.1. The summed E-state index contributed by atoms with van der Waals surface area (Å²) in [5, 5.41) is 11.0. The third-order valence-electron chi connectivity index (χ3n) is 4.99. The molecule has 1 amide bonds. The van der Waals surface area contributed by atoms with Crippen molar-refractivity contribution in [3.8, 4) is 5.75 Å². The molecule has 7 heteroatoms. The standard InChI is InChI=1S/C23H24FNO5/c1-4-30-17-7-5-6-15(13-17)20-19(22(27)23(28)25(20)10-11-29-3)21(26)16-8-9-18(24)14(2)12-16/h5-9,12-13,20,26H,4,10-11H2,1-3H3/b21-19-. The molecule has 158 valence electrons. The van der Waals surface area contributed by atoms with Gasteiger partial charge in [-0.3, -0.25) is 9.59 Å². The molecule has 2 aromatic carbocycles. The highest BCUT2D eigenvalue weighted by Crippen LogP contribution is 2.40. The Morgan fingerprint density at radius 1 is 1.20 bits per heavy atom. The van der Waals surface area contributed by atoms with Crippen molar-refractivity contribution in [3.05, 3.63) is 70.5 Å². The molecule has 0 aliphatic carbocycles. The fraction of sp³-hybridized carbons (Fsp3) is 0.304. The van der Waals surface area contributed by atoms with Gasteiger partial charge < -0.3 is 19.5 Å². The molecule has 1 saturated heterocycles. The topological polar surface area (TPSA) is 76.1 Å². The molecule has 1 fully saturated rings. The molecule has 0 radical (unpaired) electrons. The minimum atomic E-state index is -0.814. The van der Waals surface area contributed by atoms with Crippen molar-refractivity contribution in [3.63, 3.8) is 0 Å². The fourth-order valence-electron chi connectivity index (χ4n) is 3.54. The Morgan fingerprint density at radius 2 is 1.97 bits per heavy atom. The van der Waals surface area contributed by atoms with E-state index in [0.29, 0.717) is 23.5 Å². The van der Waals surface area contributed by atoms with Crippen molar-refractivity contribution < 1.29 is 28.6 Å². The summed E-state index contributed by atoms with van der Waals surface area (Å²) >= 11 is 0. The molecule has 1 atom stereocenters. The second kappa shape index (κ2) is 9.09. The van der Waals surface area contributed by atoms with E-state index in [-0.39, 0.29) is 30.0 Å². The zero-order chi connectivity index (χ0) is 21.8. The highest BCUT2D eigenvalue weighted by Gasteiger charge is 2.46. The molecule has 1 N–H and O–H groups in total. The average Bonchev–Trinajstić information content (AvgIpc) is 2.99. The van der Waals surface area contributed by atoms with Crippen LogP contribution in [0, 0.1) is 12.7 Å². The predicted octanol–water partition coefficient (Wildman–Crippen LogP) is 3.60. The molecule has 0 saturated carbocycles. The van der Waals surface area contributed by atoms with Gasteiger partial charge in [-0.2, -0.15) is 0 Å². The number of carbonyl (C=O) groups is 2. The van der Waals surface area contributed by atoms with Crippen LogP contribution in [0.2, 0.25) is 0 Å². The van der Waals surface area contributed by atoms with Crippen LogP contribution < -0.4 is 4.74 Å². The number of Topliss-reactive ketones (excluding diaryl/α,β-unsaturated/α-hetero) is 1. The second-order valence-electron chi connectivity index (χ2n) is 6.95. The van der Waals surface area contributed by atoms with Crippen LogP contribution in [0.3, 0.4) is 0 Å². The number of nitrogens with zero attached hydrogens (tertiary/aromatic N) is 1. The van der Waals surface area contributed by atoms with Crippen LogP contribution in [0.1, 0.15) is 29.7 Å². The van der Waals surface area contributed by atoms with Crippen molar-refractivity contribution in [2.24, 2.45) is 0 Å². The molecule has 1 aliphatic heterocycles. The first kappa shape index (κ1) is 21.5. The molecule has 2 aromatic rings. The monoisotopic (exact) mass is 413 g/mol. The van der Waals surface area contributed by atoms with Gasteiger partial charge in [0.15, 0.2) is 0 Å². The molecule has 0 bridgehead atoms. The van der Waals surface area contributed by atoms with E-state index in [1.807, 2.05) is 6.92 Å². The molecule has 0 aromatic heterocycles. The van der Waals surface area contributed by atoms with Crippen LogP contribution in [0.15, 0.2) is 48.0 Å². The number of aliphatic hydroxyl groups is 1. The molecule has 1 aliphatic rings. The number of halogens is 1. The molecule has 30 heavy (non-hydrogen) atoms. The molecule has 3 rings (SSSR count). The Kier molecular flexibility index (Phi) is 6.52. The van der Waals surface area contributed by atoms with E-state index in [9.17, 15) is 19.1 Å². The number of ketones is 1. The highest BCUT2D eigenvalue weighted by molar-refractivity contribution is 6.46. The summed E-state index contributed by atoms with van der Waals surface area (Å²) in [6, 6.07) is 10.3. The van der Waals surface area contributed by atoms with E-state index < -0.39 is 23.5 Å². The number of aliphatic hydroxyl groups excluding tert-OH is 1. The Hall–Kier alpha value is -3.19. The lowest BCUT2D eigenvalue weighted by Gasteiger charge is -2.25. The van der Waals surface area contributed by atoms with Gasteiger partial charge in [0, 0.05) is 19.2 Å². The quantitative estimate of drug-likeness (QED) is 0.426. The molecular weight excluding hydrogens is 389 g/mol. The second-order valence-corrected chi connectivity index (χ2v) is 6.95. The van der Waals surface area contributed by atoms with Gasteiger partial charge in [-0.1, -0.05) is 12.1 Å². The first-order chi connectivity index (χ1) is 14.4. The third kappa shape index (κ3) is 4.07. The minimum Gasteiger partial charge on any atom is -0.507 e. The largest absolute Gasteiger partial charge is 0.507 e. The Labute approximate surface area is 174 Å². The van der Waals surface area contributed by atoms with Gasteiger partial charge in [0.25, 0.3) is 11.7 Å². The Balaban J connectivity index is 2.17. The Bertz CT molecular complexity index is 1000. The summed E-state index contributed by atoms with van der Waals surface area (Å²) in [6.07, 6.45) is 0. The van der Waals surface area contributed by atoms with Crippen molar-refractivity contribution in [1.82, 2.24) is 4.90 Å². The van der Waals surface area contributed by atoms with Crippen molar-refractivity contribution in [2.75, 3.05) is 26.9 Å². The third-order valence-corrected chi connectivity index (χ3v) is 4.99. The number of hydrogen-bond donors (Lipinski definition) is 1. The van der Waals surface area contributed by atoms with Crippen LogP contribution in [0.5, 0.6) is 5.75 Å². The lowest BCUT2D eigenvalue weighted by Crippen LogP contribution is -2.32. The first-order valence-electron chi connectivity index (χ1n) is 9.65. The van der Waals surface area contributed by atoms with Gasteiger partial charge >= 0.3 is 0 Å². The van der Waals surface area contributed by atoms with E-state index in [1.165, 1.54) is 30.2 Å². The lowest BCUT2D eigenvalue weighted by atomic mass is 9.94. The van der Waals surface area contributed by atoms with E-state index in [2.05, 4.69) is 0 Å². The summed E-state index contributed by atoms with van der Waals surface area (Å²) in [7, 11) is 1.50. The van der Waals surface area contributed by atoms with Crippen molar-refractivity contribution in [2.45, 2.75) is 19.9 Å². The van der Waals surface area contributed by atoms with Gasteiger partial charge in [-0.05, 0) is 55.3 Å². The number of methoxy groups -OCH3 is 1. The first-order valence-corrected chi connectivity index (χ1v) is 9.65. The van der Waals surface area contributed by atoms with Crippen LogP contribution in [0.25, 0.3) is 5.76 Å². The summed E-state index contributed by atoms with van der Waals surface area (Å²) in [6.45, 7) is 4.27. The maximum Gasteiger partial charge on any atom is 0.295 e. The number of carbonyl (C=O) groups excluding carboxylic acids is 2. The zero-order valence-electron chi connectivity index (χ0n) is 17.1. The summed E-state index contributed by atoms with van der Waals surface area (Å²) in [4.78, 5) is 27.0. The average molecular weight is 413 g/mol. The highest BCUT2D eigenvalue weighted by atomic mass is 19.1. The smallest absolute Gasteiger partial charge is 0.295 e. The van der Waals surface area contributed by atoms with Gasteiger partial charge in [0.2, 0.25) is 0 Å². The maximum atomic E-state index is 13.7. The Morgan fingerprint density at radius 3 is 2.63 bits per heavy atom. The molecular formula is C23H24FNO5. The van der Waals surface area contributed by atoms with Gasteiger partial charge in [0.05, 0.1) is 24.8 Å². The predicted molar refractivity (Wildman–Crippen MR) is 110 cm³/mol. The number of amides is 1. The fourth-order valence-corrected chi connectivity index (χ4v) is 3.54. The number of aryl methyl sites for hydroxylation is 1. The van der Waals surface area contributed by atoms with E-state index in [0.717, 1.165) is 0 Å². The molecule has 1 unspecified atom stereocenters. The van der Waals surface area contributed by atoms with Gasteiger partial charge in [-0.25, -0.2) is 4.39 Å². The van der Waals surface area contributed by atoms with E-state index in [4.69, 9.17) is 9.47 Å². The van der Waals surface area contributed by atoms with Gasteiger partial charge in [0.1, 0.15) is 17.3 Å². The summed E-state index contributed by atoms with van der Waals surface area (Å²) in [5.41, 5.74) is 1.17. The molecule has 6 nitrogen and oxygen atoms in total. The van der Waals surface area contributed by atoms with Crippen LogP contribution in [-0.4, -0.2) is 48.6 Å². The molecule has 1 heterocycles. The van der Waals surface area contributed by atoms with Crippen LogP contribution in [-0.2, 0) is 14.3 Å². The summed E-state index contributed by atoms with van der Waals surface area (Å²) in [5.74, 6) is -1.70. The number of benzene rings is 2. The number of ether oxygens (including phenoxy) is 2. The van der Waals surface area contributed by atoms with Crippen LogP contribution in [0.4, 0.5) is 4.39 Å². The van der Waals surface area contributed by atoms with E-state index in [1.54, 1.807) is 31.2 Å². The van der Waals surface area contributed by atoms with Crippen molar-refractivity contribution >= 4 is 17.4 Å². The number of hydrogen-bond acceptors (Lipinski definition) is 5. The minimum absolute atomic E-state index is 0.0456. The number of rotatable bonds is 7. The molecule has 0 spiro atoms. The zero-order valence-corrected chi connectivity index (χ0v) is 17.1. The lowest BCUT2D eigenvalue weighted by molar-refractivity contribution is -0.140. The SMILES string of the molecule is CCOc1cccc(C2/C(=C(/O)c3ccc(F)c(C)c3)C(=O)C(=O)N2CCOC)c1. The summed E-state index contributed by atoms with van der Waals surface area (Å²) < 4.78 is 24.3.